The Morgan fingerprint density at radius 2 is 2.21 bits per heavy atom. The predicted molar refractivity (Wildman–Crippen MR) is 65.8 cm³/mol. The van der Waals surface area contributed by atoms with Crippen molar-refractivity contribution >= 4 is 15.7 Å². The third-order valence-electron chi connectivity index (χ3n) is 2.53. The van der Waals surface area contributed by atoms with E-state index in [2.05, 4.69) is 14.9 Å². The average Bonchev–Trinajstić information content (AvgIpc) is 2.76. The Morgan fingerprint density at radius 3 is 2.84 bits per heavy atom. The zero-order chi connectivity index (χ0) is 14.0. The van der Waals surface area contributed by atoms with Crippen molar-refractivity contribution in [1.29, 1.82) is 0 Å². The van der Waals surface area contributed by atoms with Crippen LogP contribution < -0.4 is 10.5 Å². The van der Waals surface area contributed by atoms with Crippen molar-refractivity contribution in [1.82, 2.24) is 19.5 Å². The molecule has 0 amide bonds. The summed E-state index contributed by atoms with van der Waals surface area (Å²) in [5.41, 5.74) is 5.01. The first-order valence-corrected chi connectivity index (χ1v) is 6.76. The van der Waals surface area contributed by atoms with Crippen molar-refractivity contribution in [2.45, 2.75) is 11.4 Å². The Labute approximate surface area is 109 Å². The van der Waals surface area contributed by atoms with Crippen molar-refractivity contribution in [2.75, 3.05) is 5.73 Å². The molecule has 102 valence electrons. The number of anilines is 1. The van der Waals surface area contributed by atoms with E-state index in [1.165, 1.54) is 18.5 Å². The molecule has 0 spiro atoms. The standard InChI is InChI=1S/C10H12FN5O2S/c1-16-6-13-15-9(16)5-14-19(17,18)8-4-2-3-7(11)10(8)12/h2-4,6,14H,5,12H2,1H3. The molecule has 19 heavy (non-hydrogen) atoms. The Hall–Kier alpha value is -2.00. The van der Waals surface area contributed by atoms with Crippen LogP contribution in [0.5, 0.6) is 0 Å². The number of halogens is 1. The minimum atomic E-state index is -3.90. The first kappa shape index (κ1) is 13.4. The van der Waals surface area contributed by atoms with Crippen molar-refractivity contribution in [2.24, 2.45) is 7.05 Å². The second-order valence-corrected chi connectivity index (χ2v) is 5.57. The molecule has 0 radical (unpaired) electrons. The fraction of sp³-hybridized carbons (Fsp3) is 0.200. The van der Waals surface area contributed by atoms with Crippen LogP contribution in [0, 0.1) is 5.82 Å². The largest absolute Gasteiger partial charge is 0.395 e. The lowest BCUT2D eigenvalue weighted by Crippen LogP contribution is -2.25. The van der Waals surface area contributed by atoms with Gasteiger partial charge in [0.05, 0.1) is 12.2 Å². The summed E-state index contributed by atoms with van der Waals surface area (Å²) in [6.45, 7) is -0.0607. The van der Waals surface area contributed by atoms with Gasteiger partial charge in [0.2, 0.25) is 10.0 Å². The lowest BCUT2D eigenvalue weighted by molar-refractivity contribution is 0.575. The third-order valence-corrected chi connectivity index (χ3v) is 3.99. The molecule has 0 saturated heterocycles. The number of nitrogens with zero attached hydrogens (tertiary/aromatic N) is 3. The van der Waals surface area contributed by atoms with Crippen molar-refractivity contribution in [3.8, 4) is 0 Å². The van der Waals surface area contributed by atoms with E-state index >= 15 is 0 Å². The summed E-state index contributed by atoms with van der Waals surface area (Å²) in [6.07, 6.45) is 1.44. The van der Waals surface area contributed by atoms with Crippen LogP contribution in [0.4, 0.5) is 10.1 Å². The number of nitrogens with two attached hydrogens (primary N) is 1. The van der Waals surface area contributed by atoms with Gasteiger partial charge >= 0.3 is 0 Å². The molecule has 1 aromatic carbocycles. The number of para-hydroxylation sites is 1. The first-order chi connectivity index (χ1) is 8.92. The van der Waals surface area contributed by atoms with Gasteiger partial charge in [0, 0.05) is 7.05 Å². The fourth-order valence-corrected chi connectivity index (χ4v) is 2.58. The van der Waals surface area contributed by atoms with Crippen LogP contribution in [0.1, 0.15) is 5.82 Å². The van der Waals surface area contributed by atoms with Crippen molar-refractivity contribution in [3.63, 3.8) is 0 Å². The number of rotatable bonds is 4. The maximum absolute atomic E-state index is 13.2. The van der Waals surface area contributed by atoms with Gasteiger partial charge in [-0.05, 0) is 12.1 Å². The molecule has 0 bridgehead atoms. The normalized spacial score (nSPS) is 11.7. The van der Waals surface area contributed by atoms with E-state index in [9.17, 15) is 12.8 Å². The highest BCUT2D eigenvalue weighted by molar-refractivity contribution is 7.89. The molecule has 3 N–H and O–H groups in total. The molecule has 0 aliphatic rings. The zero-order valence-corrected chi connectivity index (χ0v) is 10.9. The van der Waals surface area contributed by atoms with E-state index in [0.29, 0.717) is 5.82 Å². The first-order valence-electron chi connectivity index (χ1n) is 5.28. The average molecular weight is 285 g/mol. The molecule has 2 rings (SSSR count). The Kier molecular flexibility index (Phi) is 3.49. The summed E-state index contributed by atoms with van der Waals surface area (Å²) in [5.74, 6) is -0.347. The van der Waals surface area contributed by atoms with E-state index in [0.717, 1.165) is 6.07 Å². The predicted octanol–water partition coefficient (Wildman–Crippen LogP) is 0.0149. The van der Waals surface area contributed by atoms with Gasteiger partial charge in [-0.2, -0.15) is 0 Å². The van der Waals surface area contributed by atoms with Gasteiger partial charge in [-0.1, -0.05) is 6.07 Å². The molecule has 0 saturated carbocycles. The van der Waals surface area contributed by atoms with Crippen LogP contribution in [0.2, 0.25) is 0 Å². The van der Waals surface area contributed by atoms with Crippen LogP contribution in [0.3, 0.4) is 0 Å². The van der Waals surface area contributed by atoms with Crippen molar-refractivity contribution in [3.05, 3.63) is 36.2 Å². The van der Waals surface area contributed by atoms with Gasteiger partial charge in [0.15, 0.2) is 0 Å². The zero-order valence-electron chi connectivity index (χ0n) is 10.0. The summed E-state index contributed by atoms with van der Waals surface area (Å²) in [4.78, 5) is -0.297. The molecule has 1 aromatic heterocycles. The molecule has 0 atom stereocenters. The van der Waals surface area contributed by atoms with Crippen LogP contribution in [-0.2, 0) is 23.6 Å². The fourth-order valence-electron chi connectivity index (χ4n) is 1.46. The van der Waals surface area contributed by atoms with Gasteiger partial charge in [0.1, 0.15) is 22.9 Å². The maximum Gasteiger partial charge on any atom is 0.243 e. The number of aryl methyl sites for hydroxylation is 1. The Bertz CT molecular complexity index is 698. The lowest BCUT2D eigenvalue weighted by atomic mass is 10.3. The molecule has 0 unspecified atom stereocenters. The second kappa shape index (κ2) is 4.94. The van der Waals surface area contributed by atoms with E-state index in [1.54, 1.807) is 11.6 Å². The van der Waals surface area contributed by atoms with Crippen LogP contribution in [-0.4, -0.2) is 23.2 Å². The van der Waals surface area contributed by atoms with E-state index in [1.807, 2.05) is 0 Å². The molecular formula is C10H12FN5O2S. The number of hydrogen-bond donors (Lipinski definition) is 2. The monoisotopic (exact) mass is 285 g/mol. The molecule has 1 heterocycles. The van der Waals surface area contributed by atoms with Crippen molar-refractivity contribution < 1.29 is 12.8 Å². The minimum absolute atomic E-state index is 0.0607. The van der Waals surface area contributed by atoms with E-state index in [-0.39, 0.29) is 11.4 Å². The number of benzene rings is 1. The smallest absolute Gasteiger partial charge is 0.243 e. The highest BCUT2D eigenvalue weighted by atomic mass is 32.2. The van der Waals surface area contributed by atoms with E-state index < -0.39 is 21.5 Å². The lowest BCUT2D eigenvalue weighted by Gasteiger charge is -2.09. The summed E-state index contributed by atoms with van der Waals surface area (Å²) >= 11 is 0. The van der Waals surface area contributed by atoms with Crippen LogP contribution in [0.25, 0.3) is 0 Å². The summed E-state index contributed by atoms with van der Waals surface area (Å²) in [5, 5.41) is 7.35. The topological polar surface area (TPSA) is 103 Å². The summed E-state index contributed by atoms with van der Waals surface area (Å²) in [7, 11) is -2.22. The third kappa shape index (κ3) is 2.71. The van der Waals surface area contributed by atoms with Gasteiger partial charge in [0.25, 0.3) is 0 Å². The van der Waals surface area contributed by atoms with Gasteiger partial charge < -0.3 is 10.3 Å². The number of sulfonamides is 1. The number of hydrogen-bond acceptors (Lipinski definition) is 5. The minimum Gasteiger partial charge on any atom is -0.395 e. The highest BCUT2D eigenvalue weighted by Gasteiger charge is 2.19. The number of nitrogen functional groups attached to an aromatic ring is 1. The molecule has 7 nitrogen and oxygen atoms in total. The molecule has 0 aliphatic carbocycles. The number of nitrogens with one attached hydrogen (secondary N) is 1. The molecule has 0 fully saturated rings. The molecule has 0 aliphatic heterocycles. The maximum atomic E-state index is 13.2. The molecule has 2 aromatic rings. The van der Waals surface area contributed by atoms with Gasteiger partial charge in [-0.3, -0.25) is 0 Å². The van der Waals surface area contributed by atoms with Gasteiger partial charge in [-0.25, -0.2) is 17.5 Å². The second-order valence-electron chi connectivity index (χ2n) is 3.83. The highest BCUT2D eigenvalue weighted by Crippen LogP contribution is 2.20. The summed E-state index contributed by atoms with van der Waals surface area (Å²) in [6, 6.07) is 3.61. The molecule has 9 heteroatoms. The van der Waals surface area contributed by atoms with Gasteiger partial charge in [-0.15, -0.1) is 10.2 Å². The van der Waals surface area contributed by atoms with Crippen LogP contribution in [0.15, 0.2) is 29.4 Å². The summed E-state index contributed by atoms with van der Waals surface area (Å²) < 4.78 is 41.1. The Balaban J connectivity index is 2.24. The number of aromatic nitrogens is 3. The Morgan fingerprint density at radius 1 is 1.47 bits per heavy atom. The van der Waals surface area contributed by atoms with E-state index in [4.69, 9.17) is 5.73 Å². The SMILES string of the molecule is Cn1cnnc1CNS(=O)(=O)c1cccc(F)c1N. The quantitative estimate of drug-likeness (QED) is 0.771. The molecular weight excluding hydrogens is 273 g/mol. The van der Waals surface area contributed by atoms with Crippen LogP contribution >= 0.6 is 0 Å².